The highest BCUT2D eigenvalue weighted by Gasteiger charge is 2.45. The van der Waals surface area contributed by atoms with Gasteiger partial charge in [-0.3, -0.25) is 4.79 Å². The Labute approximate surface area is 187 Å². The molecule has 0 amide bonds. The van der Waals surface area contributed by atoms with Gasteiger partial charge in [0.15, 0.2) is 0 Å². The number of rotatable bonds is 8. The third-order valence-corrected chi connectivity index (χ3v) is 7.59. The van der Waals surface area contributed by atoms with Gasteiger partial charge >= 0.3 is 0 Å². The van der Waals surface area contributed by atoms with Crippen LogP contribution in [0.1, 0.15) is 36.9 Å². The van der Waals surface area contributed by atoms with Gasteiger partial charge in [0.1, 0.15) is 5.82 Å². The lowest BCUT2D eigenvalue weighted by Gasteiger charge is -2.23. The van der Waals surface area contributed by atoms with Gasteiger partial charge in [0.25, 0.3) is 5.56 Å². The quantitative estimate of drug-likeness (QED) is 0.411. The van der Waals surface area contributed by atoms with Crippen molar-refractivity contribution in [2.45, 2.75) is 56.4 Å². The third-order valence-electron chi connectivity index (χ3n) is 5.79. The molecule has 0 spiro atoms. The second kappa shape index (κ2) is 8.53. The van der Waals surface area contributed by atoms with Crippen LogP contribution in [0, 0.1) is 12.7 Å². The van der Waals surface area contributed by atoms with E-state index in [2.05, 4.69) is 26.0 Å². The number of benzene rings is 1. The van der Waals surface area contributed by atoms with Crippen LogP contribution in [0.3, 0.4) is 0 Å². The first-order valence-corrected chi connectivity index (χ1v) is 11.7. The van der Waals surface area contributed by atoms with E-state index in [4.69, 9.17) is 0 Å². The van der Waals surface area contributed by atoms with Crippen molar-refractivity contribution in [3.05, 3.63) is 50.1 Å². The lowest BCUT2D eigenvalue weighted by Crippen LogP contribution is -2.25. The summed E-state index contributed by atoms with van der Waals surface area (Å²) >= 11 is 4.79. The van der Waals surface area contributed by atoms with Crippen LogP contribution in [0.4, 0.5) is 21.5 Å². The number of pyridine rings is 1. The summed E-state index contributed by atoms with van der Waals surface area (Å²) < 4.78 is 20.2. The van der Waals surface area contributed by atoms with Crippen LogP contribution in [0.25, 0.3) is 0 Å². The van der Waals surface area contributed by atoms with Gasteiger partial charge in [-0.15, -0.1) is 0 Å². The van der Waals surface area contributed by atoms with E-state index in [1.807, 2.05) is 0 Å². The smallest absolute Gasteiger partial charge is 0.255 e. The van der Waals surface area contributed by atoms with Crippen LogP contribution >= 0.6 is 27.9 Å². The molecule has 1 unspecified atom stereocenters. The highest BCUT2D eigenvalue weighted by molar-refractivity contribution is 9.10. The van der Waals surface area contributed by atoms with Crippen molar-refractivity contribution in [2.75, 3.05) is 16.6 Å². The van der Waals surface area contributed by atoms with E-state index in [1.54, 1.807) is 23.6 Å². The molecule has 9 heteroatoms. The van der Waals surface area contributed by atoms with Crippen LogP contribution in [0.2, 0.25) is 0 Å². The fourth-order valence-corrected chi connectivity index (χ4v) is 5.39. The van der Waals surface area contributed by atoms with E-state index in [0.717, 1.165) is 37.1 Å². The molecule has 1 saturated carbocycles. The topological polar surface area (TPSA) is 86.5 Å². The summed E-state index contributed by atoms with van der Waals surface area (Å²) in [5.41, 5.74) is 3.06. The van der Waals surface area contributed by atoms with Gasteiger partial charge in [0.05, 0.1) is 29.8 Å². The molecule has 1 atom stereocenters. The van der Waals surface area contributed by atoms with Crippen molar-refractivity contribution in [3.63, 3.8) is 0 Å². The monoisotopic (exact) mass is 497 g/mol. The Balaban J connectivity index is 1.69. The van der Waals surface area contributed by atoms with Gasteiger partial charge in [-0.25, -0.2) is 4.39 Å². The van der Waals surface area contributed by atoms with Crippen LogP contribution in [-0.4, -0.2) is 32.2 Å². The molecule has 0 radical (unpaired) electrons. The van der Waals surface area contributed by atoms with Crippen LogP contribution in [0.5, 0.6) is 0 Å². The molecule has 1 aliphatic heterocycles. The normalized spacial score (nSPS) is 17.5. The van der Waals surface area contributed by atoms with Gasteiger partial charge in [0.2, 0.25) is 0 Å². The number of hydrogen-bond acceptors (Lipinski definition) is 6. The average Bonchev–Trinajstić information content (AvgIpc) is 3.29. The Hall–Kier alpha value is -1.55. The van der Waals surface area contributed by atoms with E-state index < -0.39 is 11.9 Å². The molecule has 1 aliphatic carbocycles. The molecule has 1 fully saturated rings. The molecule has 162 valence electrons. The van der Waals surface area contributed by atoms with Crippen molar-refractivity contribution < 1.29 is 14.6 Å². The summed E-state index contributed by atoms with van der Waals surface area (Å²) in [4.78, 5) is 12.9. The van der Waals surface area contributed by atoms with Crippen molar-refractivity contribution in [1.29, 1.82) is 0 Å². The minimum atomic E-state index is -0.748. The van der Waals surface area contributed by atoms with Crippen LogP contribution < -0.4 is 15.6 Å². The number of aromatic nitrogens is 1. The van der Waals surface area contributed by atoms with Gasteiger partial charge in [-0.1, -0.05) is 15.9 Å². The third kappa shape index (κ3) is 4.26. The number of aliphatic hydroxyl groups is 2. The number of fused-ring (bicyclic) bond motifs is 1. The predicted octanol–water partition coefficient (Wildman–Crippen LogP) is 4.08. The number of anilines is 3. The van der Waals surface area contributed by atoms with Crippen molar-refractivity contribution >= 4 is 44.9 Å². The van der Waals surface area contributed by atoms with Gasteiger partial charge in [-0.2, -0.15) is 0 Å². The number of nitrogens with zero attached hydrogens (tertiary/aromatic N) is 1. The standard InChI is InChI=1S/C21H25BrFN3O3S/c1-12-18(24-16-5-4-13(22)9-15(16)23)19(17-3-2-8-26(17)20(12)29)25-30-21(6-7-21)10-14(28)11-27/h4-5,9,14,24-25,27-28H,2-3,6-8,10-11H2,1H3. The van der Waals surface area contributed by atoms with Crippen LogP contribution in [-0.2, 0) is 13.0 Å². The lowest BCUT2D eigenvalue weighted by molar-refractivity contribution is 0.0865. The van der Waals surface area contributed by atoms with Crippen molar-refractivity contribution in [1.82, 2.24) is 4.57 Å². The predicted molar refractivity (Wildman–Crippen MR) is 122 cm³/mol. The fourth-order valence-electron chi connectivity index (χ4n) is 3.93. The molecular formula is C21H25BrFN3O3S. The summed E-state index contributed by atoms with van der Waals surface area (Å²) in [5.74, 6) is -0.410. The van der Waals surface area contributed by atoms with Crippen molar-refractivity contribution in [3.8, 4) is 0 Å². The maximum Gasteiger partial charge on any atom is 0.255 e. The summed E-state index contributed by atoms with van der Waals surface area (Å²) in [6.07, 6.45) is 3.29. The minimum absolute atomic E-state index is 0.0603. The molecule has 1 aromatic heterocycles. The van der Waals surface area contributed by atoms with Crippen LogP contribution in [0.15, 0.2) is 27.5 Å². The van der Waals surface area contributed by atoms with Gasteiger partial charge in [-0.05, 0) is 69.2 Å². The van der Waals surface area contributed by atoms with Gasteiger partial charge < -0.3 is 24.8 Å². The maximum absolute atomic E-state index is 14.5. The molecule has 6 nitrogen and oxygen atoms in total. The summed E-state index contributed by atoms with van der Waals surface area (Å²) in [7, 11) is 0. The Kier molecular flexibility index (Phi) is 6.16. The second-order valence-corrected chi connectivity index (χ2v) is 10.2. The first-order valence-electron chi connectivity index (χ1n) is 10.0. The SMILES string of the molecule is Cc1c(Nc2ccc(Br)cc2F)c(NSC2(CC(O)CO)CC2)c2n(c1=O)CCC2. The zero-order valence-corrected chi connectivity index (χ0v) is 19.1. The Bertz CT molecular complexity index is 1030. The second-order valence-electron chi connectivity index (χ2n) is 8.06. The Morgan fingerprint density at radius 1 is 1.37 bits per heavy atom. The molecule has 4 N–H and O–H groups in total. The zero-order chi connectivity index (χ0) is 21.5. The van der Waals surface area contributed by atoms with Gasteiger partial charge in [0, 0.05) is 27.0 Å². The minimum Gasteiger partial charge on any atom is -0.394 e. The fraction of sp³-hybridized carbons (Fsp3) is 0.476. The highest BCUT2D eigenvalue weighted by Crippen LogP contribution is 2.52. The van der Waals surface area contributed by atoms with E-state index in [-0.39, 0.29) is 16.9 Å². The number of nitrogens with one attached hydrogen (secondary N) is 2. The number of halogens is 2. The average molecular weight is 498 g/mol. The maximum atomic E-state index is 14.5. The largest absolute Gasteiger partial charge is 0.394 e. The molecule has 1 aromatic carbocycles. The molecule has 2 aliphatic rings. The first kappa shape index (κ1) is 21.7. The number of aliphatic hydroxyl groups excluding tert-OH is 2. The molecule has 30 heavy (non-hydrogen) atoms. The van der Waals surface area contributed by atoms with E-state index in [9.17, 15) is 19.4 Å². The highest BCUT2D eigenvalue weighted by atomic mass is 79.9. The Morgan fingerprint density at radius 2 is 2.13 bits per heavy atom. The number of hydrogen-bond donors (Lipinski definition) is 4. The molecule has 2 aromatic rings. The zero-order valence-electron chi connectivity index (χ0n) is 16.7. The summed E-state index contributed by atoms with van der Waals surface area (Å²) in [6.45, 7) is 2.17. The summed E-state index contributed by atoms with van der Waals surface area (Å²) in [5, 5.41) is 22.2. The lowest BCUT2D eigenvalue weighted by atomic mass is 10.1. The molecule has 0 saturated heterocycles. The first-order chi connectivity index (χ1) is 14.3. The molecule has 4 rings (SSSR count). The van der Waals surface area contributed by atoms with E-state index in [0.29, 0.717) is 34.4 Å². The van der Waals surface area contributed by atoms with E-state index >= 15 is 0 Å². The van der Waals surface area contributed by atoms with Crippen molar-refractivity contribution in [2.24, 2.45) is 0 Å². The molecular weight excluding hydrogens is 473 g/mol. The molecule has 0 bridgehead atoms. The van der Waals surface area contributed by atoms with E-state index in [1.165, 1.54) is 18.0 Å². The Morgan fingerprint density at radius 3 is 2.80 bits per heavy atom. The summed E-state index contributed by atoms with van der Waals surface area (Å²) in [6, 6.07) is 4.77. The molecule has 2 heterocycles.